The highest BCUT2D eigenvalue weighted by atomic mass is 127. The molecule has 1 aliphatic heterocycles. The van der Waals surface area contributed by atoms with Crippen molar-refractivity contribution in [1.29, 1.82) is 0 Å². The van der Waals surface area contributed by atoms with E-state index in [-0.39, 0.29) is 30.1 Å². The topological polar surface area (TPSA) is 54.9 Å². The Kier molecular flexibility index (Phi) is 9.57. The van der Waals surface area contributed by atoms with Gasteiger partial charge in [-0.2, -0.15) is 0 Å². The molecule has 2 aromatic carbocycles. The Morgan fingerprint density at radius 3 is 2.61 bits per heavy atom. The van der Waals surface area contributed by atoms with E-state index in [0.717, 1.165) is 43.3 Å². The number of aliphatic imine (C=N–C) groups is 1. The number of guanidine groups is 1. The number of rotatable bonds is 6. The van der Waals surface area contributed by atoms with Crippen molar-refractivity contribution in [2.45, 2.75) is 25.5 Å². The second-order valence-corrected chi connectivity index (χ2v) is 6.72. The van der Waals surface area contributed by atoms with E-state index in [1.807, 2.05) is 24.3 Å². The van der Waals surface area contributed by atoms with Crippen molar-refractivity contribution in [3.8, 4) is 5.75 Å². The minimum Gasteiger partial charge on any atom is -0.496 e. The standard InChI is InChI=1S/C22H29N3O2.HI/c1-23-22(24-15-18-11-6-7-13-20(18)26-2)25-16-19-12-8-14-27-21(19)17-9-4-3-5-10-17;/h3-7,9-11,13,19,21H,8,12,14-16H2,1-2H3,(H2,23,24,25);1H. The zero-order chi connectivity index (χ0) is 18.9. The van der Waals surface area contributed by atoms with Crippen LogP contribution in [-0.2, 0) is 11.3 Å². The number of methoxy groups -OCH3 is 1. The smallest absolute Gasteiger partial charge is 0.191 e. The maximum absolute atomic E-state index is 6.09. The van der Waals surface area contributed by atoms with Gasteiger partial charge in [0.2, 0.25) is 0 Å². The third kappa shape index (κ3) is 6.10. The predicted octanol–water partition coefficient (Wildman–Crippen LogP) is 4.15. The third-order valence-electron chi connectivity index (χ3n) is 4.97. The summed E-state index contributed by atoms with van der Waals surface area (Å²) in [4.78, 5) is 4.35. The Morgan fingerprint density at radius 1 is 1.11 bits per heavy atom. The molecular formula is C22H30IN3O2. The van der Waals surface area contributed by atoms with Crippen molar-refractivity contribution >= 4 is 29.9 Å². The molecule has 1 heterocycles. The highest BCUT2D eigenvalue weighted by molar-refractivity contribution is 14.0. The molecule has 2 atom stereocenters. The third-order valence-corrected chi connectivity index (χ3v) is 4.97. The number of halogens is 1. The molecule has 5 nitrogen and oxygen atoms in total. The molecule has 0 bridgehead atoms. The monoisotopic (exact) mass is 495 g/mol. The highest BCUT2D eigenvalue weighted by Gasteiger charge is 2.27. The maximum atomic E-state index is 6.09. The molecule has 0 aromatic heterocycles. The van der Waals surface area contributed by atoms with Crippen molar-refractivity contribution in [2.24, 2.45) is 10.9 Å². The summed E-state index contributed by atoms with van der Waals surface area (Å²) in [5.74, 6) is 2.09. The lowest BCUT2D eigenvalue weighted by atomic mass is 9.89. The summed E-state index contributed by atoms with van der Waals surface area (Å²) in [5, 5.41) is 6.84. The fourth-order valence-corrected chi connectivity index (χ4v) is 3.54. The van der Waals surface area contributed by atoms with Gasteiger partial charge in [0, 0.05) is 38.2 Å². The van der Waals surface area contributed by atoms with E-state index in [1.54, 1.807) is 14.2 Å². The summed E-state index contributed by atoms with van der Waals surface area (Å²) in [6.45, 7) is 2.31. The van der Waals surface area contributed by atoms with Gasteiger partial charge >= 0.3 is 0 Å². The molecule has 1 aliphatic rings. The molecular weight excluding hydrogens is 465 g/mol. The van der Waals surface area contributed by atoms with Gasteiger partial charge in [0.15, 0.2) is 5.96 Å². The second kappa shape index (κ2) is 11.9. The van der Waals surface area contributed by atoms with Crippen molar-refractivity contribution in [3.63, 3.8) is 0 Å². The molecule has 0 saturated carbocycles. The van der Waals surface area contributed by atoms with Crippen LogP contribution in [0.1, 0.15) is 30.1 Å². The largest absolute Gasteiger partial charge is 0.496 e. The first-order valence-corrected chi connectivity index (χ1v) is 9.54. The Balaban J connectivity index is 0.00000280. The number of hydrogen-bond donors (Lipinski definition) is 2. The number of nitrogens with zero attached hydrogens (tertiary/aromatic N) is 1. The number of hydrogen-bond acceptors (Lipinski definition) is 3. The lowest BCUT2D eigenvalue weighted by Crippen LogP contribution is -2.41. The SMILES string of the molecule is CN=C(NCc1ccccc1OC)NCC1CCCOC1c1ccccc1.I. The number of benzene rings is 2. The van der Waals surface area contributed by atoms with Crippen LogP contribution in [0.4, 0.5) is 0 Å². The van der Waals surface area contributed by atoms with Gasteiger partial charge in [-0.05, 0) is 24.5 Å². The van der Waals surface area contributed by atoms with Gasteiger partial charge in [0.05, 0.1) is 13.2 Å². The number of nitrogens with one attached hydrogen (secondary N) is 2. The molecule has 3 rings (SSSR count). The summed E-state index contributed by atoms with van der Waals surface area (Å²) < 4.78 is 11.5. The van der Waals surface area contributed by atoms with Crippen LogP contribution in [0.25, 0.3) is 0 Å². The lowest BCUT2D eigenvalue weighted by Gasteiger charge is -2.32. The second-order valence-electron chi connectivity index (χ2n) is 6.72. The van der Waals surface area contributed by atoms with E-state index < -0.39 is 0 Å². The molecule has 28 heavy (non-hydrogen) atoms. The summed E-state index contributed by atoms with van der Waals surface area (Å²) in [6.07, 6.45) is 2.39. The Morgan fingerprint density at radius 2 is 1.86 bits per heavy atom. The van der Waals surface area contributed by atoms with Crippen LogP contribution in [0.3, 0.4) is 0 Å². The van der Waals surface area contributed by atoms with Crippen LogP contribution in [-0.4, -0.2) is 33.3 Å². The van der Waals surface area contributed by atoms with Crippen molar-refractivity contribution in [1.82, 2.24) is 10.6 Å². The van der Waals surface area contributed by atoms with Gasteiger partial charge in [-0.3, -0.25) is 4.99 Å². The van der Waals surface area contributed by atoms with Crippen LogP contribution in [0.2, 0.25) is 0 Å². The highest BCUT2D eigenvalue weighted by Crippen LogP contribution is 2.33. The molecule has 6 heteroatoms. The van der Waals surface area contributed by atoms with Crippen LogP contribution in [0, 0.1) is 5.92 Å². The molecule has 2 aromatic rings. The Bertz CT molecular complexity index is 740. The summed E-state index contributed by atoms with van der Waals surface area (Å²) >= 11 is 0. The van der Waals surface area contributed by atoms with E-state index >= 15 is 0 Å². The van der Waals surface area contributed by atoms with E-state index in [4.69, 9.17) is 9.47 Å². The summed E-state index contributed by atoms with van der Waals surface area (Å²) in [5.41, 5.74) is 2.35. The van der Waals surface area contributed by atoms with E-state index in [2.05, 4.69) is 46.0 Å². The molecule has 2 N–H and O–H groups in total. The minimum absolute atomic E-state index is 0. The lowest BCUT2D eigenvalue weighted by molar-refractivity contribution is -0.0265. The Labute approximate surface area is 184 Å². The van der Waals surface area contributed by atoms with Gasteiger partial charge in [0.25, 0.3) is 0 Å². The van der Waals surface area contributed by atoms with Gasteiger partial charge in [-0.15, -0.1) is 24.0 Å². The predicted molar refractivity (Wildman–Crippen MR) is 124 cm³/mol. The van der Waals surface area contributed by atoms with Crippen LogP contribution in [0.15, 0.2) is 59.6 Å². The van der Waals surface area contributed by atoms with Gasteiger partial charge in [-0.25, -0.2) is 0 Å². The average molecular weight is 495 g/mol. The molecule has 0 aliphatic carbocycles. The molecule has 0 spiro atoms. The zero-order valence-corrected chi connectivity index (χ0v) is 18.9. The van der Waals surface area contributed by atoms with Gasteiger partial charge < -0.3 is 20.1 Å². The molecule has 2 unspecified atom stereocenters. The van der Waals surface area contributed by atoms with Crippen molar-refractivity contribution in [3.05, 3.63) is 65.7 Å². The molecule has 0 radical (unpaired) electrons. The van der Waals surface area contributed by atoms with Crippen LogP contribution in [0.5, 0.6) is 5.75 Å². The fraction of sp³-hybridized carbons (Fsp3) is 0.409. The quantitative estimate of drug-likeness (QED) is 0.359. The number of para-hydroxylation sites is 1. The first-order chi connectivity index (χ1) is 13.3. The van der Waals surface area contributed by atoms with Crippen molar-refractivity contribution in [2.75, 3.05) is 27.3 Å². The molecule has 0 amide bonds. The summed E-state index contributed by atoms with van der Waals surface area (Å²) in [6, 6.07) is 18.5. The zero-order valence-electron chi connectivity index (χ0n) is 16.6. The van der Waals surface area contributed by atoms with Crippen LogP contribution >= 0.6 is 24.0 Å². The fourth-order valence-electron chi connectivity index (χ4n) is 3.54. The average Bonchev–Trinajstić information content (AvgIpc) is 2.75. The molecule has 152 valence electrons. The Hall–Kier alpha value is -1.80. The van der Waals surface area contributed by atoms with Crippen molar-refractivity contribution < 1.29 is 9.47 Å². The van der Waals surface area contributed by atoms with E-state index in [9.17, 15) is 0 Å². The van der Waals surface area contributed by atoms with E-state index in [1.165, 1.54) is 5.56 Å². The van der Waals surface area contributed by atoms with Crippen LogP contribution < -0.4 is 15.4 Å². The minimum atomic E-state index is 0. The maximum Gasteiger partial charge on any atom is 0.191 e. The first kappa shape index (κ1) is 22.5. The number of ether oxygens (including phenoxy) is 2. The molecule has 1 saturated heterocycles. The summed E-state index contributed by atoms with van der Waals surface area (Å²) in [7, 11) is 3.49. The normalized spacial score (nSPS) is 19.4. The van der Waals surface area contributed by atoms with E-state index in [0.29, 0.717) is 12.5 Å². The molecule has 1 fully saturated rings. The van der Waals surface area contributed by atoms with Gasteiger partial charge in [0.1, 0.15) is 5.75 Å². The van der Waals surface area contributed by atoms with Gasteiger partial charge in [-0.1, -0.05) is 48.5 Å². The first-order valence-electron chi connectivity index (χ1n) is 9.54.